The maximum Gasteiger partial charge on any atom is 0.288 e. The summed E-state index contributed by atoms with van der Waals surface area (Å²) in [5.41, 5.74) is 1.10. The number of carbonyl (C=O) groups is 1. The van der Waals surface area contributed by atoms with Crippen molar-refractivity contribution in [1.29, 1.82) is 0 Å². The van der Waals surface area contributed by atoms with Crippen LogP contribution in [0.3, 0.4) is 0 Å². The summed E-state index contributed by atoms with van der Waals surface area (Å²) in [5.74, 6) is -2.81. The van der Waals surface area contributed by atoms with E-state index in [2.05, 4.69) is 10.6 Å². The number of rotatable bonds is 7. The summed E-state index contributed by atoms with van der Waals surface area (Å²) < 4.78 is 47.2. The third-order valence-electron chi connectivity index (χ3n) is 3.10. The fraction of sp³-hybridized carbons (Fsp3) is 0.188. The third kappa shape index (κ3) is 6.35. The molecule has 0 aliphatic heterocycles. The SMILES string of the molecule is CS(=O)(=O)c1ccc(NCC(=O)Nc2ccc(SC(F)F)cc2)cc1. The smallest absolute Gasteiger partial charge is 0.288 e. The van der Waals surface area contributed by atoms with Crippen molar-refractivity contribution in [3.63, 3.8) is 0 Å². The van der Waals surface area contributed by atoms with Gasteiger partial charge >= 0.3 is 0 Å². The van der Waals surface area contributed by atoms with Gasteiger partial charge in [0.2, 0.25) is 5.91 Å². The number of amides is 1. The number of carbonyl (C=O) groups excluding carboxylic acids is 1. The number of nitrogens with one attached hydrogen (secondary N) is 2. The Morgan fingerprint density at radius 2 is 1.60 bits per heavy atom. The van der Waals surface area contributed by atoms with E-state index in [9.17, 15) is 22.0 Å². The van der Waals surface area contributed by atoms with E-state index in [0.717, 1.165) is 6.26 Å². The molecular weight excluding hydrogens is 370 g/mol. The van der Waals surface area contributed by atoms with Crippen molar-refractivity contribution in [2.75, 3.05) is 23.4 Å². The van der Waals surface area contributed by atoms with Crippen LogP contribution in [0.25, 0.3) is 0 Å². The zero-order chi connectivity index (χ0) is 18.4. The second kappa shape index (κ2) is 8.30. The fourth-order valence-electron chi connectivity index (χ4n) is 1.93. The van der Waals surface area contributed by atoms with Crippen LogP contribution in [0.15, 0.2) is 58.3 Å². The molecule has 0 aromatic heterocycles. The molecule has 0 saturated carbocycles. The minimum Gasteiger partial charge on any atom is -0.376 e. The molecule has 2 N–H and O–H groups in total. The van der Waals surface area contributed by atoms with Crippen molar-refractivity contribution in [3.05, 3.63) is 48.5 Å². The Labute approximate surface area is 148 Å². The first-order valence-electron chi connectivity index (χ1n) is 7.13. The van der Waals surface area contributed by atoms with Crippen LogP contribution in [0.2, 0.25) is 0 Å². The van der Waals surface area contributed by atoms with Gasteiger partial charge in [-0.25, -0.2) is 8.42 Å². The molecule has 0 atom stereocenters. The molecule has 0 unspecified atom stereocenters. The molecule has 2 rings (SSSR count). The number of benzene rings is 2. The lowest BCUT2D eigenvalue weighted by atomic mass is 10.3. The van der Waals surface area contributed by atoms with Crippen LogP contribution in [0.5, 0.6) is 0 Å². The number of halogens is 2. The second-order valence-corrected chi connectivity index (χ2v) is 8.18. The first-order chi connectivity index (χ1) is 11.7. The van der Waals surface area contributed by atoms with E-state index in [1.165, 1.54) is 24.3 Å². The van der Waals surface area contributed by atoms with E-state index >= 15 is 0 Å². The molecule has 2 aromatic carbocycles. The number of anilines is 2. The average Bonchev–Trinajstić information content (AvgIpc) is 2.54. The predicted molar refractivity (Wildman–Crippen MR) is 95.0 cm³/mol. The molecule has 134 valence electrons. The van der Waals surface area contributed by atoms with Crippen LogP contribution in [-0.2, 0) is 14.6 Å². The van der Waals surface area contributed by atoms with E-state index in [0.29, 0.717) is 28.0 Å². The van der Waals surface area contributed by atoms with Gasteiger partial charge in [-0.2, -0.15) is 8.78 Å². The molecule has 2 aromatic rings. The first kappa shape index (κ1) is 19.2. The van der Waals surface area contributed by atoms with Crippen molar-refractivity contribution < 1.29 is 22.0 Å². The number of hydrogen-bond acceptors (Lipinski definition) is 5. The lowest BCUT2D eigenvalue weighted by Crippen LogP contribution is -2.21. The molecule has 0 fully saturated rings. The Morgan fingerprint density at radius 3 is 2.12 bits per heavy atom. The van der Waals surface area contributed by atoms with Gasteiger partial charge in [-0.3, -0.25) is 4.79 Å². The quantitative estimate of drug-likeness (QED) is 0.713. The van der Waals surface area contributed by atoms with Gasteiger partial charge in [0.25, 0.3) is 5.76 Å². The molecule has 0 bridgehead atoms. The minimum absolute atomic E-state index is 0.0221. The third-order valence-corrected chi connectivity index (χ3v) is 4.95. The Morgan fingerprint density at radius 1 is 1.04 bits per heavy atom. The topological polar surface area (TPSA) is 75.3 Å². The standard InChI is InChI=1S/C16H16F2N2O3S2/c1-25(22,23)14-8-4-11(5-9-14)19-10-15(21)20-12-2-6-13(7-3-12)24-16(17)18/h2-9,16,19H,10H2,1H3,(H,20,21). The van der Waals surface area contributed by atoms with Crippen LogP contribution >= 0.6 is 11.8 Å². The van der Waals surface area contributed by atoms with Gasteiger partial charge in [-0.05, 0) is 48.5 Å². The molecule has 0 heterocycles. The second-order valence-electron chi connectivity index (χ2n) is 5.10. The van der Waals surface area contributed by atoms with Gasteiger partial charge in [-0.15, -0.1) is 0 Å². The highest BCUT2D eigenvalue weighted by molar-refractivity contribution is 7.99. The normalized spacial score (nSPS) is 11.4. The molecule has 5 nitrogen and oxygen atoms in total. The summed E-state index contributed by atoms with van der Waals surface area (Å²) in [4.78, 5) is 12.5. The number of thioether (sulfide) groups is 1. The lowest BCUT2D eigenvalue weighted by Gasteiger charge is -2.09. The van der Waals surface area contributed by atoms with Crippen molar-refractivity contribution in [1.82, 2.24) is 0 Å². The summed E-state index contributed by atoms with van der Waals surface area (Å²) >= 11 is 0.435. The maximum absolute atomic E-state index is 12.2. The summed E-state index contributed by atoms with van der Waals surface area (Å²) in [6.45, 7) is -0.0221. The summed E-state index contributed by atoms with van der Waals surface area (Å²) in [7, 11) is -3.26. The highest BCUT2D eigenvalue weighted by atomic mass is 32.2. The van der Waals surface area contributed by atoms with Crippen molar-refractivity contribution >= 4 is 38.9 Å². The zero-order valence-electron chi connectivity index (χ0n) is 13.2. The molecular formula is C16H16F2N2O3S2. The lowest BCUT2D eigenvalue weighted by molar-refractivity contribution is -0.114. The molecule has 0 aliphatic rings. The van der Waals surface area contributed by atoms with Crippen LogP contribution < -0.4 is 10.6 Å². The summed E-state index contributed by atoms with van der Waals surface area (Å²) in [6, 6.07) is 12.1. The van der Waals surface area contributed by atoms with Gasteiger partial charge < -0.3 is 10.6 Å². The summed E-state index contributed by atoms with van der Waals surface area (Å²) in [5, 5.41) is 5.50. The molecule has 0 saturated heterocycles. The monoisotopic (exact) mass is 386 g/mol. The minimum atomic E-state index is -3.26. The fourth-order valence-corrected chi connectivity index (χ4v) is 3.06. The van der Waals surface area contributed by atoms with Crippen molar-refractivity contribution in [2.24, 2.45) is 0 Å². The van der Waals surface area contributed by atoms with Gasteiger partial charge in [-0.1, -0.05) is 11.8 Å². The highest BCUT2D eigenvalue weighted by Gasteiger charge is 2.08. The largest absolute Gasteiger partial charge is 0.376 e. The highest BCUT2D eigenvalue weighted by Crippen LogP contribution is 2.26. The Kier molecular flexibility index (Phi) is 6.38. The molecule has 9 heteroatoms. The Bertz CT molecular complexity index is 823. The molecule has 0 radical (unpaired) electrons. The first-order valence-corrected chi connectivity index (χ1v) is 9.90. The van der Waals surface area contributed by atoms with Crippen LogP contribution in [0.1, 0.15) is 0 Å². The van der Waals surface area contributed by atoms with E-state index in [-0.39, 0.29) is 17.3 Å². The van der Waals surface area contributed by atoms with Gasteiger partial charge in [0.1, 0.15) is 0 Å². The molecule has 25 heavy (non-hydrogen) atoms. The van der Waals surface area contributed by atoms with Gasteiger partial charge in [0, 0.05) is 22.5 Å². The van der Waals surface area contributed by atoms with E-state index in [1.807, 2.05) is 0 Å². The van der Waals surface area contributed by atoms with Crippen LogP contribution in [0, 0.1) is 0 Å². The maximum atomic E-state index is 12.2. The molecule has 0 spiro atoms. The average molecular weight is 386 g/mol. The molecule has 1 amide bonds. The Hall–Kier alpha value is -2.13. The number of hydrogen-bond donors (Lipinski definition) is 2. The Balaban J connectivity index is 1.86. The number of sulfone groups is 1. The van der Waals surface area contributed by atoms with E-state index < -0.39 is 15.6 Å². The van der Waals surface area contributed by atoms with Crippen LogP contribution in [0.4, 0.5) is 20.2 Å². The predicted octanol–water partition coefficient (Wildman–Crippen LogP) is 3.46. The van der Waals surface area contributed by atoms with Crippen molar-refractivity contribution in [2.45, 2.75) is 15.5 Å². The van der Waals surface area contributed by atoms with E-state index in [1.54, 1.807) is 24.3 Å². The van der Waals surface area contributed by atoms with E-state index in [4.69, 9.17) is 0 Å². The molecule has 0 aliphatic carbocycles. The van der Waals surface area contributed by atoms with Gasteiger partial charge in [0.15, 0.2) is 9.84 Å². The van der Waals surface area contributed by atoms with Crippen LogP contribution in [-0.4, -0.2) is 32.9 Å². The van der Waals surface area contributed by atoms with Crippen molar-refractivity contribution in [3.8, 4) is 0 Å². The summed E-state index contributed by atoms with van der Waals surface area (Å²) in [6.07, 6.45) is 1.12. The zero-order valence-corrected chi connectivity index (χ0v) is 14.8. The van der Waals surface area contributed by atoms with Gasteiger partial charge in [0.05, 0.1) is 11.4 Å². The number of alkyl halides is 2.